The molecule has 1 fully saturated rings. The highest BCUT2D eigenvalue weighted by Crippen LogP contribution is 2.37. The maximum Gasteiger partial charge on any atom is 0.248 e. The summed E-state index contributed by atoms with van der Waals surface area (Å²) in [4.78, 5) is 4.66. The van der Waals surface area contributed by atoms with Gasteiger partial charge in [-0.2, -0.15) is 5.10 Å². The minimum atomic E-state index is -2.49. The number of unbranched alkanes of at least 4 members (excludes halogenated alkanes) is 1. The zero-order valence-electron chi connectivity index (χ0n) is 16.7. The van der Waals surface area contributed by atoms with Crippen molar-refractivity contribution in [1.29, 1.82) is 0 Å². The van der Waals surface area contributed by atoms with Gasteiger partial charge < -0.3 is 4.55 Å². The lowest BCUT2D eigenvalue weighted by molar-refractivity contribution is -0.0457. The van der Waals surface area contributed by atoms with E-state index in [9.17, 15) is 13.3 Å². The Morgan fingerprint density at radius 2 is 2.11 bits per heavy atom. The standard InChI is InChI=1S/C20H30F2N4OS/c1-3-5-10-28(27)25-18(4-2)16-12-19-24-17(14-26(19)23-13-16)11-15-6-8-20(21,22)9-7-15/h12-15,18,25H,3-11H2,1-2H3/t18-,28-/m0/s1. The van der Waals surface area contributed by atoms with Gasteiger partial charge in [0.05, 0.1) is 24.1 Å². The molecule has 3 rings (SSSR count). The molecule has 2 aromatic heterocycles. The summed E-state index contributed by atoms with van der Waals surface area (Å²) in [5.74, 6) is -1.59. The number of halogens is 2. The molecule has 28 heavy (non-hydrogen) atoms. The molecule has 0 unspecified atom stereocenters. The van der Waals surface area contributed by atoms with E-state index in [1.807, 2.05) is 12.3 Å². The summed E-state index contributed by atoms with van der Waals surface area (Å²) in [5.41, 5.74) is 2.61. The minimum Gasteiger partial charge on any atom is -0.598 e. The van der Waals surface area contributed by atoms with E-state index in [0.717, 1.165) is 36.2 Å². The molecule has 1 N–H and O–H groups in total. The first-order chi connectivity index (χ1) is 13.4. The van der Waals surface area contributed by atoms with Crippen LogP contribution >= 0.6 is 0 Å². The number of imidazole rings is 1. The molecular weight excluding hydrogens is 382 g/mol. The second-order valence-corrected chi connectivity index (χ2v) is 9.14. The summed E-state index contributed by atoms with van der Waals surface area (Å²) in [6, 6.07) is 1.94. The van der Waals surface area contributed by atoms with Crippen LogP contribution in [0, 0.1) is 5.92 Å². The van der Waals surface area contributed by atoms with Crippen molar-refractivity contribution in [3.8, 4) is 0 Å². The Morgan fingerprint density at radius 1 is 1.36 bits per heavy atom. The molecule has 2 atom stereocenters. The van der Waals surface area contributed by atoms with Crippen molar-refractivity contribution >= 4 is 17.0 Å². The van der Waals surface area contributed by atoms with E-state index in [-0.39, 0.29) is 24.8 Å². The Labute approximate surface area is 168 Å². The fourth-order valence-electron chi connectivity index (χ4n) is 3.71. The first-order valence-electron chi connectivity index (χ1n) is 10.3. The van der Waals surface area contributed by atoms with Gasteiger partial charge >= 0.3 is 0 Å². The number of alkyl halides is 2. The summed E-state index contributed by atoms with van der Waals surface area (Å²) in [6.45, 7) is 4.13. The number of fused-ring (bicyclic) bond motifs is 1. The van der Waals surface area contributed by atoms with Gasteiger partial charge in [0.15, 0.2) is 5.65 Å². The van der Waals surface area contributed by atoms with Crippen LogP contribution in [0.4, 0.5) is 8.78 Å². The van der Waals surface area contributed by atoms with E-state index in [0.29, 0.717) is 25.0 Å². The molecular formula is C20H30F2N4OS. The Hall–Kier alpha value is -1.25. The van der Waals surface area contributed by atoms with Gasteiger partial charge in [0.1, 0.15) is 5.75 Å². The maximum absolute atomic E-state index is 13.3. The van der Waals surface area contributed by atoms with Crippen LogP contribution in [0.3, 0.4) is 0 Å². The summed E-state index contributed by atoms with van der Waals surface area (Å²) in [7, 11) is 0. The van der Waals surface area contributed by atoms with E-state index < -0.39 is 17.3 Å². The molecule has 0 saturated heterocycles. The molecule has 156 valence electrons. The average Bonchev–Trinajstić information content (AvgIpc) is 3.07. The van der Waals surface area contributed by atoms with Gasteiger partial charge in [-0.1, -0.05) is 20.3 Å². The lowest BCUT2D eigenvalue weighted by atomic mass is 9.84. The predicted octanol–water partition coefficient (Wildman–Crippen LogP) is 4.60. The summed E-state index contributed by atoms with van der Waals surface area (Å²) in [5, 5.41) is 4.45. The first kappa shape index (κ1) is 21.5. The van der Waals surface area contributed by atoms with Crippen LogP contribution in [0.25, 0.3) is 5.65 Å². The fraction of sp³-hybridized carbons (Fsp3) is 0.700. The van der Waals surface area contributed by atoms with Gasteiger partial charge in [0.2, 0.25) is 5.92 Å². The fourth-order valence-corrected chi connectivity index (χ4v) is 5.00. The van der Waals surface area contributed by atoms with Crippen LogP contribution in [0.5, 0.6) is 0 Å². The van der Waals surface area contributed by atoms with Crippen molar-refractivity contribution in [2.24, 2.45) is 5.92 Å². The second-order valence-electron chi connectivity index (χ2n) is 7.81. The van der Waals surface area contributed by atoms with Crippen molar-refractivity contribution < 1.29 is 13.3 Å². The molecule has 0 amide bonds. The lowest BCUT2D eigenvalue weighted by Gasteiger charge is -2.27. The normalized spacial score (nSPS) is 19.8. The molecule has 0 aromatic carbocycles. The van der Waals surface area contributed by atoms with Crippen LogP contribution < -0.4 is 4.72 Å². The quantitative estimate of drug-likeness (QED) is 0.611. The van der Waals surface area contributed by atoms with Gasteiger partial charge in [0, 0.05) is 24.2 Å². The van der Waals surface area contributed by atoms with E-state index in [1.54, 1.807) is 10.7 Å². The van der Waals surface area contributed by atoms with Crippen LogP contribution in [0.2, 0.25) is 0 Å². The Kier molecular flexibility index (Phi) is 7.28. The number of hydrogen-bond acceptors (Lipinski definition) is 4. The molecule has 8 heteroatoms. The molecule has 0 radical (unpaired) electrons. The topological polar surface area (TPSA) is 65.3 Å². The minimum absolute atomic E-state index is 0.0214. The predicted molar refractivity (Wildman–Crippen MR) is 108 cm³/mol. The molecule has 2 heterocycles. The van der Waals surface area contributed by atoms with Crippen molar-refractivity contribution in [1.82, 2.24) is 19.3 Å². The molecule has 1 saturated carbocycles. The third-order valence-electron chi connectivity index (χ3n) is 5.49. The first-order valence-corrected chi connectivity index (χ1v) is 11.6. The highest BCUT2D eigenvalue weighted by atomic mass is 32.2. The van der Waals surface area contributed by atoms with Gasteiger partial charge in [-0.3, -0.25) is 0 Å². The van der Waals surface area contributed by atoms with Crippen LogP contribution in [0.15, 0.2) is 18.5 Å². The van der Waals surface area contributed by atoms with E-state index in [4.69, 9.17) is 0 Å². The van der Waals surface area contributed by atoms with Gasteiger partial charge in [-0.05, 0) is 49.7 Å². The Balaban J connectivity index is 1.66. The molecule has 0 bridgehead atoms. The summed E-state index contributed by atoms with van der Waals surface area (Å²) < 4.78 is 43.8. The van der Waals surface area contributed by atoms with Crippen molar-refractivity contribution in [3.05, 3.63) is 29.7 Å². The number of rotatable bonds is 9. The third kappa shape index (κ3) is 5.64. The smallest absolute Gasteiger partial charge is 0.248 e. The average molecular weight is 413 g/mol. The monoisotopic (exact) mass is 412 g/mol. The molecule has 1 aliphatic rings. The maximum atomic E-state index is 13.3. The third-order valence-corrected chi connectivity index (χ3v) is 6.70. The molecule has 0 spiro atoms. The molecule has 0 aliphatic heterocycles. The second kappa shape index (κ2) is 9.50. The molecule has 5 nitrogen and oxygen atoms in total. The largest absolute Gasteiger partial charge is 0.598 e. The Morgan fingerprint density at radius 3 is 2.79 bits per heavy atom. The van der Waals surface area contributed by atoms with Gasteiger partial charge in [-0.25, -0.2) is 18.3 Å². The number of nitrogens with one attached hydrogen (secondary N) is 1. The highest BCUT2D eigenvalue weighted by Gasteiger charge is 2.35. The van der Waals surface area contributed by atoms with Gasteiger partial charge in [-0.15, -0.1) is 4.72 Å². The zero-order chi connectivity index (χ0) is 20.1. The van der Waals surface area contributed by atoms with Crippen LogP contribution in [-0.2, 0) is 17.8 Å². The highest BCUT2D eigenvalue weighted by molar-refractivity contribution is 7.89. The number of hydrogen-bond donors (Lipinski definition) is 1. The van der Waals surface area contributed by atoms with E-state index in [2.05, 4.69) is 28.7 Å². The summed E-state index contributed by atoms with van der Waals surface area (Å²) in [6.07, 6.45) is 8.20. The van der Waals surface area contributed by atoms with Crippen LogP contribution in [0.1, 0.15) is 76.1 Å². The van der Waals surface area contributed by atoms with E-state index in [1.165, 1.54) is 0 Å². The van der Waals surface area contributed by atoms with Gasteiger partial charge in [0.25, 0.3) is 0 Å². The van der Waals surface area contributed by atoms with Crippen molar-refractivity contribution in [2.45, 2.75) is 77.2 Å². The number of nitrogens with zero attached hydrogens (tertiary/aromatic N) is 3. The SMILES string of the molecule is CCCC[S@+]([O-])N[C@@H](CC)c1cnn2cc(CC3CCC(F)(F)CC3)nc2c1. The van der Waals surface area contributed by atoms with Crippen molar-refractivity contribution in [3.63, 3.8) is 0 Å². The molecule has 1 aliphatic carbocycles. The molecule has 2 aromatic rings. The number of aromatic nitrogens is 3. The van der Waals surface area contributed by atoms with Crippen LogP contribution in [-0.4, -0.2) is 30.8 Å². The lowest BCUT2D eigenvalue weighted by Crippen LogP contribution is -2.30. The zero-order valence-corrected chi connectivity index (χ0v) is 17.5. The van der Waals surface area contributed by atoms with Crippen molar-refractivity contribution in [2.75, 3.05) is 5.75 Å². The summed E-state index contributed by atoms with van der Waals surface area (Å²) >= 11 is -1.06. The Bertz CT molecular complexity index is 760. The van der Waals surface area contributed by atoms with E-state index >= 15 is 0 Å².